The average Bonchev–Trinajstić information content (AvgIpc) is 3.34. The first-order valence-corrected chi connectivity index (χ1v) is 13.2. The van der Waals surface area contributed by atoms with Crippen LogP contribution in [-0.2, 0) is 10.5 Å². The molecule has 4 rings (SSSR count). The van der Waals surface area contributed by atoms with Crippen molar-refractivity contribution in [2.24, 2.45) is 0 Å². The van der Waals surface area contributed by atoms with Gasteiger partial charge in [-0.3, -0.25) is 14.6 Å². The number of likely N-dealkylation sites (tertiary alicyclic amines) is 1. The van der Waals surface area contributed by atoms with Gasteiger partial charge in [0.2, 0.25) is 5.91 Å². The van der Waals surface area contributed by atoms with Gasteiger partial charge < -0.3 is 9.80 Å². The standard InChI is InChI=1S/C24H29N3O2S2/c1-18-7-8-21(24(29)27-13-14-30-17-27)23(25-18)20-9-11-26(12-10-20)22(28)16-31-15-19-5-3-2-4-6-19/h2-8,20H,9-17H2,1H3. The number of carbonyl (C=O) groups is 2. The van der Waals surface area contributed by atoms with Gasteiger partial charge in [0, 0.05) is 42.8 Å². The highest BCUT2D eigenvalue weighted by Crippen LogP contribution is 2.31. The third-order valence-corrected chi connectivity index (χ3v) is 7.86. The van der Waals surface area contributed by atoms with Gasteiger partial charge in [-0.2, -0.15) is 0 Å². The van der Waals surface area contributed by atoms with Crippen LogP contribution in [0.4, 0.5) is 0 Å². The van der Waals surface area contributed by atoms with Crippen molar-refractivity contribution < 1.29 is 9.59 Å². The molecular weight excluding hydrogens is 426 g/mol. The molecule has 7 heteroatoms. The minimum atomic E-state index is 0.100. The Kier molecular flexibility index (Phi) is 7.56. The molecule has 3 heterocycles. The van der Waals surface area contributed by atoms with E-state index in [1.807, 2.05) is 47.1 Å². The van der Waals surface area contributed by atoms with Gasteiger partial charge in [-0.15, -0.1) is 23.5 Å². The van der Waals surface area contributed by atoms with Crippen LogP contribution < -0.4 is 0 Å². The molecule has 0 spiro atoms. The lowest BCUT2D eigenvalue weighted by Gasteiger charge is -2.32. The lowest BCUT2D eigenvalue weighted by Crippen LogP contribution is -2.39. The highest BCUT2D eigenvalue weighted by Gasteiger charge is 2.30. The summed E-state index contributed by atoms with van der Waals surface area (Å²) in [6, 6.07) is 14.1. The predicted molar refractivity (Wildman–Crippen MR) is 128 cm³/mol. The summed E-state index contributed by atoms with van der Waals surface area (Å²) in [5, 5.41) is 0. The minimum absolute atomic E-state index is 0.100. The smallest absolute Gasteiger partial charge is 0.256 e. The maximum atomic E-state index is 13.0. The summed E-state index contributed by atoms with van der Waals surface area (Å²) in [6.07, 6.45) is 1.72. The lowest BCUT2D eigenvalue weighted by molar-refractivity contribution is -0.129. The van der Waals surface area contributed by atoms with E-state index < -0.39 is 0 Å². The topological polar surface area (TPSA) is 53.5 Å². The third kappa shape index (κ3) is 5.63. The predicted octanol–water partition coefficient (Wildman–Crippen LogP) is 4.18. The first-order chi connectivity index (χ1) is 15.1. The molecule has 2 amide bonds. The summed E-state index contributed by atoms with van der Waals surface area (Å²) in [5.74, 6) is 3.68. The fourth-order valence-corrected chi connectivity index (χ4v) is 5.97. The zero-order chi connectivity index (χ0) is 21.6. The number of amides is 2. The largest absolute Gasteiger partial charge is 0.342 e. The number of hydrogen-bond acceptors (Lipinski definition) is 5. The molecule has 0 unspecified atom stereocenters. The van der Waals surface area contributed by atoms with E-state index in [2.05, 4.69) is 12.1 Å². The Labute approximate surface area is 193 Å². The van der Waals surface area contributed by atoms with E-state index >= 15 is 0 Å². The van der Waals surface area contributed by atoms with E-state index in [9.17, 15) is 9.59 Å². The SMILES string of the molecule is Cc1ccc(C(=O)N2CCSC2)c(C2CCN(C(=O)CSCc3ccccc3)CC2)n1. The molecule has 164 valence electrons. The molecule has 2 saturated heterocycles. The second kappa shape index (κ2) is 10.6. The van der Waals surface area contributed by atoms with Crippen molar-refractivity contribution in [1.82, 2.24) is 14.8 Å². The van der Waals surface area contributed by atoms with E-state index in [0.29, 0.717) is 5.75 Å². The van der Waals surface area contributed by atoms with Gasteiger partial charge in [-0.05, 0) is 37.5 Å². The van der Waals surface area contributed by atoms with E-state index in [-0.39, 0.29) is 17.7 Å². The van der Waals surface area contributed by atoms with Crippen LogP contribution in [0, 0.1) is 6.92 Å². The summed E-state index contributed by atoms with van der Waals surface area (Å²) in [4.78, 5) is 34.4. The summed E-state index contributed by atoms with van der Waals surface area (Å²) < 4.78 is 0. The molecule has 1 aromatic carbocycles. The van der Waals surface area contributed by atoms with Crippen molar-refractivity contribution in [3.8, 4) is 0 Å². The summed E-state index contributed by atoms with van der Waals surface area (Å²) >= 11 is 3.47. The fourth-order valence-electron chi connectivity index (χ4n) is 4.14. The van der Waals surface area contributed by atoms with E-state index in [4.69, 9.17) is 4.98 Å². The number of pyridine rings is 1. The molecular formula is C24H29N3O2S2. The number of hydrogen-bond donors (Lipinski definition) is 0. The van der Waals surface area contributed by atoms with Crippen LogP contribution in [0.15, 0.2) is 42.5 Å². The molecule has 0 aliphatic carbocycles. The van der Waals surface area contributed by atoms with Gasteiger partial charge in [0.15, 0.2) is 0 Å². The Morgan fingerprint density at radius 2 is 1.84 bits per heavy atom. The van der Waals surface area contributed by atoms with Crippen LogP contribution >= 0.6 is 23.5 Å². The maximum Gasteiger partial charge on any atom is 0.256 e. The number of aromatic nitrogens is 1. The first-order valence-electron chi connectivity index (χ1n) is 10.9. The Balaban J connectivity index is 1.33. The maximum absolute atomic E-state index is 13.0. The fraction of sp³-hybridized carbons (Fsp3) is 0.458. The number of carbonyl (C=O) groups excluding carboxylic acids is 2. The normalized spacial score (nSPS) is 17.2. The Bertz CT molecular complexity index is 908. The van der Waals surface area contributed by atoms with Gasteiger partial charge >= 0.3 is 0 Å². The van der Waals surface area contributed by atoms with Crippen LogP contribution in [0.2, 0.25) is 0 Å². The van der Waals surface area contributed by atoms with Crippen LogP contribution in [0.3, 0.4) is 0 Å². The second-order valence-corrected chi connectivity index (χ2v) is 10.2. The van der Waals surface area contributed by atoms with Crippen molar-refractivity contribution in [3.05, 3.63) is 65.0 Å². The zero-order valence-electron chi connectivity index (χ0n) is 18.0. The second-order valence-electron chi connectivity index (χ2n) is 8.12. The van der Waals surface area contributed by atoms with Gasteiger partial charge in [0.25, 0.3) is 5.91 Å². The van der Waals surface area contributed by atoms with Crippen molar-refractivity contribution in [3.63, 3.8) is 0 Å². The number of thioether (sulfide) groups is 2. The Morgan fingerprint density at radius 3 is 2.55 bits per heavy atom. The molecule has 5 nitrogen and oxygen atoms in total. The van der Waals surface area contributed by atoms with Crippen molar-refractivity contribution in [2.75, 3.05) is 37.0 Å². The van der Waals surface area contributed by atoms with Crippen molar-refractivity contribution in [1.29, 1.82) is 0 Å². The molecule has 2 aliphatic heterocycles. The highest BCUT2D eigenvalue weighted by molar-refractivity contribution is 7.99. The van der Waals surface area contributed by atoms with E-state index in [1.54, 1.807) is 23.5 Å². The number of piperidine rings is 1. The summed E-state index contributed by atoms with van der Waals surface area (Å²) in [6.45, 7) is 4.26. The molecule has 31 heavy (non-hydrogen) atoms. The number of rotatable bonds is 6. The van der Waals surface area contributed by atoms with Crippen LogP contribution in [0.1, 0.15) is 46.1 Å². The minimum Gasteiger partial charge on any atom is -0.342 e. The Morgan fingerprint density at radius 1 is 1.06 bits per heavy atom. The number of aryl methyl sites for hydroxylation is 1. The van der Waals surface area contributed by atoms with E-state index in [0.717, 1.165) is 66.8 Å². The Hall–Kier alpha value is -1.99. The highest BCUT2D eigenvalue weighted by atomic mass is 32.2. The molecule has 0 radical (unpaired) electrons. The molecule has 0 N–H and O–H groups in total. The first kappa shape index (κ1) is 22.2. The molecule has 0 atom stereocenters. The van der Waals surface area contributed by atoms with Gasteiger partial charge in [-0.1, -0.05) is 30.3 Å². The van der Waals surface area contributed by atoms with Crippen LogP contribution in [0.25, 0.3) is 0 Å². The lowest BCUT2D eigenvalue weighted by atomic mass is 9.89. The van der Waals surface area contributed by atoms with Gasteiger partial charge in [0.1, 0.15) is 0 Å². The van der Waals surface area contributed by atoms with Crippen molar-refractivity contribution >= 4 is 35.3 Å². The summed E-state index contributed by atoms with van der Waals surface area (Å²) in [5.41, 5.74) is 3.86. The zero-order valence-corrected chi connectivity index (χ0v) is 19.6. The molecule has 1 aromatic heterocycles. The van der Waals surface area contributed by atoms with Gasteiger partial charge in [0.05, 0.1) is 22.9 Å². The van der Waals surface area contributed by atoms with Crippen LogP contribution in [0.5, 0.6) is 0 Å². The molecule has 0 bridgehead atoms. The average molecular weight is 456 g/mol. The number of benzene rings is 1. The quantitative estimate of drug-likeness (QED) is 0.654. The van der Waals surface area contributed by atoms with Gasteiger partial charge in [-0.25, -0.2) is 0 Å². The van der Waals surface area contributed by atoms with E-state index in [1.165, 1.54) is 5.56 Å². The summed E-state index contributed by atoms with van der Waals surface area (Å²) in [7, 11) is 0. The molecule has 2 fully saturated rings. The van der Waals surface area contributed by atoms with Crippen LogP contribution in [-0.4, -0.2) is 63.6 Å². The number of nitrogens with zero attached hydrogens (tertiary/aromatic N) is 3. The monoisotopic (exact) mass is 455 g/mol. The van der Waals surface area contributed by atoms with Crippen molar-refractivity contribution in [2.45, 2.75) is 31.4 Å². The third-order valence-electron chi connectivity index (χ3n) is 5.91. The molecule has 2 aliphatic rings. The molecule has 2 aromatic rings. The molecule has 0 saturated carbocycles.